The SMILES string of the molecule is O=c1[nH]c(=O)n(-c2ccccc2)c2nnc(-c3ccc(Cl)cc3)nc12. The highest BCUT2D eigenvalue weighted by molar-refractivity contribution is 6.30. The normalized spacial score (nSPS) is 10.9. The number of fused-ring (bicyclic) bond motifs is 1. The van der Waals surface area contributed by atoms with E-state index >= 15 is 0 Å². The first kappa shape index (κ1) is 15.2. The summed E-state index contributed by atoms with van der Waals surface area (Å²) in [6, 6.07) is 15.7. The van der Waals surface area contributed by atoms with Crippen LogP contribution < -0.4 is 11.2 Å². The van der Waals surface area contributed by atoms with Crippen LogP contribution in [0.3, 0.4) is 0 Å². The van der Waals surface area contributed by atoms with Gasteiger partial charge in [0.25, 0.3) is 5.56 Å². The van der Waals surface area contributed by atoms with Gasteiger partial charge in [-0.25, -0.2) is 14.3 Å². The number of hydrogen-bond donors (Lipinski definition) is 1. The third-order valence-electron chi connectivity index (χ3n) is 3.64. The molecule has 0 saturated carbocycles. The summed E-state index contributed by atoms with van der Waals surface area (Å²) in [4.78, 5) is 31.0. The molecule has 4 aromatic rings. The standard InChI is InChI=1S/C17H10ClN5O2/c18-11-8-6-10(7-9-11)14-19-13-15(22-21-14)23(17(25)20-16(13)24)12-4-2-1-3-5-12/h1-9H,(H,20,24,25). The van der Waals surface area contributed by atoms with Gasteiger partial charge in [0.2, 0.25) is 0 Å². The van der Waals surface area contributed by atoms with E-state index in [1.807, 2.05) is 6.07 Å². The summed E-state index contributed by atoms with van der Waals surface area (Å²) in [5.41, 5.74) is 0.136. The highest BCUT2D eigenvalue weighted by Crippen LogP contribution is 2.18. The highest BCUT2D eigenvalue weighted by Gasteiger charge is 2.14. The molecule has 0 aliphatic rings. The Hall–Kier alpha value is -3.32. The average Bonchev–Trinajstić information content (AvgIpc) is 2.63. The Balaban J connectivity index is 1.99. The molecule has 2 heterocycles. The molecule has 8 heteroatoms. The van der Waals surface area contributed by atoms with E-state index in [2.05, 4.69) is 20.2 Å². The van der Waals surface area contributed by atoms with E-state index in [9.17, 15) is 9.59 Å². The van der Waals surface area contributed by atoms with Crippen molar-refractivity contribution < 1.29 is 0 Å². The van der Waals surface area contributed by atoms with Crippen LogP contribution >= 0.6 is 11.6 Å². The number of nitrogens with zero attached hydrogens (tertiary/aromatic N) is 4. The minimum Gasteiger partial charge on any atom is -0.272 e. The number of H-pyrrole nitrogens is 1. The highest BCUT2D eigenvalue weighted by atomic mass is 35.5. The second kappa shape index (κ2) is 5.95. The number of rotatable bonds is 2. The van der Waals surface area contributed by atoms with Crippen LogP contribution in [-0.4, -0.2) is 24.7 Å². The molecule has 0 radical (unpaired) electrons. The fourth-order valence-electron chi connectivity index (χ4n) is 2.47. The Morgan fingerprint density at radius 2 is 1.64 bits per heavy atom. The molecule has 0 fully saturated rings. The number of hydrogen-bond acceptors (Lipinski definition) is 5. The minimum atomic E-state index is -0.614. The van der Waals surface area contributed by atoms with Crippen LogP contribution in [0.15, 0.2) is 64.2 Å². The van der Waals surface area contributed by atoms with Crippen molar-refractivity contribution in [2.24, 2.45) is 0 Å². The molecule has 0 aliphatic heterocycles. The van der Waals surface area contributed by atoms with E-state index in [1.165, 1.54) is 4.57 Å². The summed E-state index contributed by atoms with van der Waals surface area (Å²) in [5.74, 6) is 0.271. The zero-order chi connectivity index (χ0) is 17.4. The van der Waals surface area contributed by atoms with Gasteiger partial charge in [0.15, 0.2) is 17.0 Å². The van der Waals surface area contributed by atoms with Gasteiger partial charge in [-0.3, -0.25) is 9.78 Å². The molecule has 122 valence electrons. The molecule has 0 unspecified atom stereocenters. The van der Waals surface area contributed by atoms with Gasteiger partial charge in [-0.1, -0.05) is 29.8 Å². The Morgan fingerprint density at radius 1 is 0.920 bits per heavy atom. The maximum absolute atomic E-state index is 12.2. The lowest BCUT2D eigenvalue weighted by atomic mass is 10.2. The number of nitrogens with one attached hydrogen (secondary N) is 1. The Labute approximate surface area is 145 Å². The first-order valence-electron chi connectivity index (χ1n) is 7.34. The smallest absolute Gasteiger partial charge is 0.272 e. The zero-order valence-corrected chi connectivity index (χ0v) is 13.4. The van der Waals surface area contributed by atoms with Gasteiger partial charge in [0.1, 0.15) is 0 Å². The molecule has 25 heavy (non-hydrogen) atoms. The van der Waals surface area contributed by atoms with Crippen molar-refractivity contribution in [3.63, 3.8) is 0 Å². The quantitative estimate of drug-likeness (QED) is 0.597. The summed E-state index contributed by atoms with van der Waals surface area (Å²) >= 11 is 5.88. The van der Waals surface area contributed by atoms with Gasteiger partial charge < -0.3 is 0 Å². The maximum atomic E-state index is 12.2. The van der Waals surface area contributed by atoms with E-state index in [0.717, 1.165) is 0 Å². The van der Waals surface area contributed by atoms with Crippen molar-refractivity contribution in [3.8, 4) is 17.1 Å². The predicted molar refractivity (Wildman–Crippen MR) is 94.0 cm³/mol. The van der Waals surface area contributed by atoms with Crippen molar-refractivity contribution in [1.82, 2.24) is 24.7 Å². The Bertz CT molecular complexity index is 1180. The van der Waals surface area contributed by atoms with E-state index in [-0.39, 0.29) is 17.0 Å². The van der Waals surface area contributed by atoms with E-state index in [1.54, 1.807) is 48.5 Å². The topological polar surface area (TPSA) is 93.5 Å². The first-order chi connectivity index (χ1) is 12.1. The molecule has 0 saturated heterocycles. The second-order valence-corrected chi connectivity index (χ2v) is 5.68. The first-order valence-corrected chi connectivity index (χ1v) is 7.72. The molecule has 7 nitrogen and oxygen atoms in total. The van der Waals surface area contributed by atoms with Crippen LogP contribution in [0, 0.1) is 0 Å². The Kier molecular flexibility index (Phi) is 3.62. The fraction of sp³-hybridized carbons (Fsp3) is 0. The molecule has 1 N–H and O–H groups in total. The van der Waals surface area contributed by atoms with Crippen molar-refractivity contribution in [3.05, 3.63) is 80.5 Å². The van der Waals surface area contributed by atoms with E-state index in [4.69, 9.17) is 11.6 Å². The minimum absolute atomic E-state index is 0.0309. The monoisotopic (exact) mass is 351 g/mol. The fourth-order valence-corrected chi connectivity index (χ4v) is 2.60. The number of benzene rings is 2. The van der Waals surface area contributed by atoms with Crippen molar-refractivity contribution in [2.45, 2.75) is 0 Å². The maximum Gasteiger partial charge on any atom is 0.334 e. The molecular weight excluding hydrogens is 342 g/mol. The molecule has 0 spiro atoms. The molecule has 0 aliphatic carbocycles. The Morgan fingerprint density at radius 3 is 2.36 bits per heavy atom. The average molecular weight is 352 g/mol. The summed E-state index contributed by atoms with van der Waals surface area (Å²) in [7, 11) is 0. The van der Waals surface area contributed by atoms with Gasteiger partial charge in [-0.15, -0.1) is 10.2 Å². The molecular formula is C17H10ClN5O2. The summed E-state index contributed by atoms with van der Waals surface area (Å²) in [6.45, 7) is 0. The van der Waals surface area contributed by atoms with Crippen LogP contribution in [0.25, 0.3) is 28.2 Å². The van der Waals surface area contributed by atoms with Gasteiger partial charge in [0.05, 0.1) is 5.69 Å². The predicted octanol–water partition coefficient (Wildman–Crippen LogP) is 2.18. The van der Waals surface area contributed by atoms with Crippen molar-refractivity contribution >= 4 is 22.8 Å². The van der Waals surface area contributed by atoms with Gasteiger partial charge in [-0.2, -0.15) is 0 Å². The number of aromatic nitrogens is 5. The van der Waals surface area contributed by atoms with E-state index < -0.39 is 11.2 Å². The molecule has 0 bridgehead atoms. The lowest BCUT2D eigenvalue weighted by Crippen LogP contribution is -2.30. The third kappa shape index (κ3) is 2.70. The number of aromatic amines is 1. The van der Waals surface area contributed by atoms with Crippen LogP contribution in [0.2, 0.25) is 5.02 Å². The van der Waals surface area contributed by atoms with Crippen LogP contribution in [-0.2, 0) is 0 Å². The molecule has 0 amide bonds. The second-order valence-electron chi connectivity index (χ2n) is 5.24. The summed E-state index contributed by atoms with van der Waals surface area (Å²) < 4.78 is 1.27. The van der Waals surface area contributed by atoms with Crippen LogP contribution in [0.1, 0.15) is 0 Å². The molecule has 0 atom stereocenters. The summed E-state index contributed by atoms with van der Waals surface area (Å²) in [6.07, 6.45) is 0. The lowest BCUT2D eigenvalue weighted by molar-refractivity contribution is 0.884. The van der Waals surface area contributed by atoms with Crippen molar-refractivity contribution in [1.29, 1.82) is 0 Å². The van der Waals surface area contributed by atoms with Crippen LogP contribution in [0.4, 0.5) is 0 Å². The molecule has 2 aromatic carbocycles. The van der Waals surface area contributed by atoms with Gasteiger partial charge in [0, 0.05) is 10.6 Å². The molecule has 2 aromatic heterocycles. The third-order valence-corrected chi connectivity index (χ3v) is 3.89. The number of para-hydroxylation sites is 1. The van der Waals surface area contributed by atoms with Crippen molar-refractivity contribution in [2.75, 3.05) is 0 Å². The number of halogens is 1. The largest absolute Gasteiger partial charge is 0.334 e. The van der Waals surface area contributed by atoms with Gasteiger partial charge in [-0.05, 0) is 36.4 Å². The van der Waals surface area contributed by atoms with E-state index in [0.29, 0.717) is 16.3 Å². The lowest BCUT2D eigenvalue weighted by Gasteiger charge is -2.08. The molecule has 4 rings (SSSR count). The van der Waals surface area contributed by atoms with Crippen LogP contribution in [0.5, 0.6) is 0 Å². The zero-order valence-electron chi connectivity index (χ0n) is 12.7. The van der Waals surface area contributed by atoms with Gasteiger partial charge >= 0.3 is 5.69 Å². The summed E-state index contributed by atoms with van der Waals surface area (Å²) in [5, 5.41) is 8.71.